The van der Waals surface area contributed by atoms with E-state index in [0.29, 0.717) is 23.4 Å². The van der Waals surface area contributed by atoms with Gasteiger partial charge in [0.15, 0.2) is 5.78 Å². The molecule has 154 valence electrons. The van der Waals surface area contributed by atoms with Crippen LogP contribution in [0.15, 0.2) is 42.5 Å². The van der Waals surface area contributed by atoms with Crippen molar-refractivity contribution in [2.75, 3.05) is 33.4 Å². The molecule has 0 radical (unpaired) electrons. The van der Waals surface area contributed by atoms with Gasteiger partial charge in [0.05, 0.1) is 26.7 Å². The summed E-state index contributed by atoms with van der Waals surface area (Å²) in [6.45, 7) is 6.41. The van der Waals surface area contributed by atoms with Gasteiger partial charge in [-0.15, -0.1) is 0 Å². The number of ether oxygens (including phenoxy) is 2. The summed E-state index contributed by atoms with van der Waals surface area (Å²) in [4.78, 5) is 26.4. The molecule has 1 saturated heterocycles. The van der Waals surface area contributed by atoms with Crippen molar-refractivity contribution in [3.05, 3.63) is 64.7 Å². The van der Waals surface area contributed by atoms with E-state index in [1.165, 1.54) is 12.5 Å². The summed E-state index contributed by atoms with van der Waals surface area (Å²) in [6.07, 6.45) is 0.166. The zero-order chi connectivity index (χ0) is 20.6. The first kappa shape index (κ1) is 21.0. The maximum Gasteiger partial charge on any atom is 0.224 e. The van der Waals surface area contributed by atoms with E-state index in [9.17, 15) is 9.59 Å². The second-order valence-electron chi connectivity index (χ2n) is 7.24. The number of ketones is 1. The lowest BCUT2D eigenvalue weighted by molar-refractivity contribution is -0.120. The van der Waals surface area contributed by atoms with Gasteiger partial charge >= 0.3 is 0 Å². The van der Waals surface area contributed by atoms with E-state index >= 15 is 0 Å². The molecule has 0 atom stereocenters. The Bertz CT molecular complexity index is 842. The molecule has 1 aliphatic heterocycles. The van der Waals surface area contributed by atoms with Crippen LogP contribution in [0.1, 0.15) is 34.0 Å². The van der Waals surface area contributed by atoms with Gasteiger partial charge in [-0.25, -0.2) is 0 Å². The smallest absolute Gasteiger partial charge is 0.224 e. The molecule has 3 rings (SSSR count). The lowest BCUT2D eigenvalue weighted by atomic mass is 10.0. The van der Waals surface area contributed by atoms with Crippen LogP contribution in [-0.2, 0) is 29.0 Å². The average molecular weight is 396 g/mol. The third-order valence-electron chi connectivity index (χ3n) is 5.06. The van der Waals surface area contributed by atoms with Gasteiger partial charge in [0.2, 0.25) is 5.91 Å². The number of morpholine rings is 1. The molecule has 29 heavy (non-hydrogen) atoms. The Morgan fingerprint density at radius 2 is 1.76 bits per heavy atom. The van der Waals surface area contributed by atoms with Gasteiger partial charge in [-0.05, 0) is 36.2 Å². The summed E-state index contributed by atoms with van der Waals surface area (Å²) in [5.41, 5.74) is 3.59. The molecule has 1 N–H and O–H groups in total. The summed E-state index contributed by atoms with van der Waals surface area (Å²) < 4.78 is 10.7. The number of amides is 1. The largest absolute Gasteiger partial charge is 0.496 e. The number of benzene rings is 2. The van der Waals surface area contributed by atoms with E-state index in [1.807, 2.05) is 12.1 Å². The third-order valence-corrected chi connectivity index (χ3v) is 5.06. The van der Waals surface area contributed by atoms with Crippen LogP contribution in [0.3, 0.4) is 0 Å². The molecule has 0 unspecified atom stereocenters. The third kappa shape index (κ3) is 6.14. The summed E-state index contributed by atoms with van der Waals surface area (Å²) in [7, 11) is 1.56. The van der Waals surface area contributed by atoms with Crippen LogP contribution < -0.4 is 10.1 Å². The molecular formula is C23H28N2O4. The first-order valence-corrected chi connectivity index (χ1v) is 9.87. The highest BCUT2D eigenvalue weighted by atomic mass is 16.5. The van der Waals surface area contributed by atoms with Gasteiger partial charge in [0, 0.05) is 37.3 Å². The van der Waals surface area contributed by atoms with Crippen LogP contribution >= 0.6 is 0 Å². The van der Waals surface area contributed by atoms with E-state index in [-0.39, 0.29) is 18.1 Å². The zero-order valence-corrected chi connectivity index (χ0v) is 17.1. The molecule has 0 saturated carbocycles. The van der Waals surface area contributed by atoms with Gasteiger partial charge in [-0.1, -0.05) is 24.3 Å². The number of nitrogens with zero attached hydrogens (tertiary/aromatic N) is 1. The zero-order valence-electron chi connectivity index (χ0n) is 17.1. The first-order chi connectivity index (χ1) is 14.0. The number of carbonyl (C=O) groups is 2. The van der Waals surface area contributed by atoms with Gasteiger partial charge in [-0.3, -0.25) is 14.5 Å². The average Bonchev–Trinajstić information content (AvgIpc) is 2.74. The number of hydrogen-bond acceptors (Lipinski definition) is 5. The Labute approximate surface area is 171 Å². The first-order valence-electron chi connectivity index (χ1n) is 9.87. The maximum absolute atomic E-state index is 12.4. The maximum atomic E-state index is 12.4. The van der Waals surface area contributed by atoms with Crippen molar-refractivity contribution in [1.29, 1.82) is 0 Å². The van der Waals surface area contributed by atoms with Gasteiger partial charge < -0.3 is 14.8 Å². The van der Waals surface area contributed by atoms with Crippen molar-refractivity contribution in [3.8, 4) is 5.75 Å². The van der Waals surface area contributed by atoms with Gasteiger partial charge in [0.25, 0.3) is 0 Å². The normalized spacial score (nSPS) is 14.4. The van der Waals surface area contributed by atoms with Crippen LogP contribution in [-0.4, -0.2) is 50.0 Å². The predicted molar refractivity (Wildman–Crippen MR) is 111 cm³/mol. The molecule has 6 heteroatoms. The van der Waals surface area contributed by atoms with E-state index in [4.69, 9.17) is 9.47 Å². The van der Waals surface area contributed by atoms with Crippen molar-refractivity contribution in [2.45, 2.75) is 26.4 Å². The monoisotopic (exact) mass is 396 g/mol. The fourth-order valence-corrected chi connectivity index (χ4v) is 3.35. The molecule has 1 aliphatic rings. The second-order valence-corrected chi connectivity index (χ2v) is 7.24. The Kier molecular flexibility index (Phi) is 7.38. The molecular weight excluding hydrogens is 368 g/mol. The lowest BCUT2D eigenvalue weighted by Gasteiger charge is -2.26. The molecule has 1 fully saturated rings. The molecule has 1 amide bonds. The number of carbonyl (C=O) groups excluding carboxylic acids is 2. The van der Waals surface area contributed by atoms with Crippen LogP contribution in [0.4, 0.5) is 0 Å². The highest BCUT2D eigenvalue weighted by Crippen LogP contribution is 2.21. The number of nitrogens with one attached hydrogen (secondary N) is 1. The molecule has 6 nitrogen and oxygen atoms in total. The summed E-state index contributed by atoms with van der Waals surface area (Å²) in [6, 6.07) is 13.5. The quantitative estimate of drug-likeness (QED) is 0.695. The minimum atomic E-state index is -0.110. The second kappa shape index (κ2) is 10.2. The van der Waals surface area contributed by atoms with Crippen molar-refractivity contribution in [2.24, 2.45) is 0 Å². The summed E-state index contributed by atoms with van der Waals surface area (Å²) in [5, 5.41) is 2.94. The standard InChI is InChI=1S/C23H28N2O4/c1-17(26)20-7-8-22(28-2)21(13-20)14-23(27)24-15-18-3-5-19(6-4-18)16-25-9-11-29-12-10-25/h3-8,13H,9-12,14-16H2,1-2H3,(H,24,27). The molecule has 2 aromatic rings. The Hall–Kier alpha value is -2.70. The highest BCUT2D eigenvalue weighted by molar-refractivity contribution is 5.94. The fourth-order valence-electron chi connectivity index (χ4n) is 3.35. The lowest BCUT2D eigenvalue weighted by Crippen LogP contribution is -2.35. The molecule has 0 aromatic heterocycles. The van der Waals surface area contributed by atoms with E-state index in [2.05, 4.69) is 22.3 Å². The van der Waals surface area contributed by atoms with Crippen molar-refractivity contribution < 1.29 is 19.1 Å². The predicted octanol–water partition coefficient (Wildman–Crippen LogP) is 2.59. The van der Waals surface area contributed by atoms with Crippen LogP contribution in [0.5, 0.6) is 5.75 Å². The van der Waals surface area contributed by atoms with E-state index in [0.717, 1.165) is 38.4 Å². The number of Topliss-reactive ketones (excluding diaryl/α,β-unsaturated/α-hetero) is 1. The summed E-state index contributed by atoms with van der Waals surface area (Å²) in [5.74, 6) is 0.463. The molecule has 0 aliphatic carbocycles. The Morgan fingerprint density at radius 3 is 2.41 bits per heavy atom. The highest BCUT2D eigenvalue weighted by Gasteiger charge is 2.12. The van der Waals surface area contributed by atoms with E-state index in [1.54, 1.807) is 25.3 Å². The summed E-state index contributed by atoms with van der Waals surface area (Å²) >= 11 is 0. The van der Waals surface area contributed by atoms with E-state index < -0.39 is 0 Å². The molecule has 2 aromatic carbocycles. The minimum Gasteiger partial charge on any atom is -0.496 e. The SMILES string of the molecule is COc1ccc(C(C)=O)cc1CC(=O)NCc1ccc(CN2CCOCC2)cc1. The number of rotatable bonds is 8. The number of methoxy groups -OCH3 is 1. The number of hydrogen-bond donors (Lipinski definition) is 1. The van der Waals surface area contributed by atoms with Gasteiger partial charge in [0.1, 0.15) is 5.75 Å². The molecule has 0 spiro atoms. The van der Waals surface area contributed by atoms with Crippen molar-refractivity contribution in [3.63, 3.8) is 0 Å². The van der Waals surface area contributed by atoms with Crippen LogP contribution in [0, 0.1) is 0 Å². The van der Waals surface area contributed by atoms with Crippen molar-refractivity contribution >= 4 is 11.7 Å². The molecule has 1 heterocycles. The Balaban J connectivity index is 1.52. The minimum absolute atomic E-state index is 0.0357. The Morgan fingerprint density at radius 1 is 1.07 bits per heavy atom. The van der Waals surface area contributed by atoms with Crippen LogP contribution in [0.2, 0.25) is 0 Å². The fraction of sp³-hybridized carbons (Fsp3) is 0.391. The van der Waals surface area contributed by atoms with Crippen molar-refractivity contribution in [1.82, 2.24) is 10.2 Å². The molecule has 0 bridgehead atoms. The topological polar surface area (TPSA) is 67.9 Å². The van der Waals surface area contributed by atoms with Crippen LogP contribution in [0.25, 0.3) is 0 Å². The van der Waals surface area contributed by atoms with Gasteiger partial charge in [-0.2, -0.15) is 0 Å².